The summed E-state index contributed by atoms with van der Waals surface area (Å²) in [6, 6.07) is 8.21. The molecule has 1 fully saturated rings. The zero-order chi connectivity index (χ0) is 13.9. The van der Waals surface area contributed by atoms with Gasteiger partial charge >= 0.3 is 0 Å². The van der Waals surface area contributed by atoms with E-state index < -0.39 is 6.10 Å². The van der Waals surface area contributed by atoms with Crippen LogP contribution in [-0.2, 0) is 4.79 Å². The molecule has 1 aromatic rings. The second-order valence-electron chi connectivity index (χ2n) is 5.60. The van der Waals surface area contributed by atoms with Gasteiger partial charge < -0.3 is 21.1 Å². The molecule has 0 bridgehead atoms. The molecular weight excluding hydrogens is 254 g/mol. The number of benzene rings is 1. The molecule has 1 amide bonds. The smallest absolute Gasteiger partial charge is 0.263 e. The number of para-hydroxylation sites is 2. The summed E-state index contributed by atoms with van der Waals surface area (Å²) < 4.78 is 5.76. The molecule has 3 rings (SSSR count). The number of carbonyl (C=O) groups is 1. The van der Waals surface area contributed by atoms with Gasteiger partial charge in [-0.3, -0.25) is 4.79 Å². The Morgan fingerprint density at radius 1 is 1.25 bits per heavy atom. The molecule has 1 aliphatic heterocycles. The minimum atomic E-state index is -0.458. The van der Waals surface area contributed by atoms with Crippen LogP contribution in [0, 0.1) is 0 Å². The number of amides is 1. The van der Waals surface area contributed by atoms with Crippen LogP contribution in [0.25, 0.3) is 0 Å². The van der Waals surface area contributed by atoms with Crippen molar-refractivity contribution in [3.8, 4) is 5.75 Å². The first-order chi connectivity index (χ1) is 9.72. The van der Waals surface area contributed by atoms with Crippen LogP contribution in [0.3, 0.4) is 0 Å². The lowest BCUT2D eigenvalue weighted by atomic mass is 9.91. The monoisotopic (exact) mass is 275 g/mol. The van der Waals surface area contributed by atoms with Crippen molar-refractivity contribution in [3.05, 3.63) is 24.3 Å². The number of fused-ring (bicyclic) bond motifs is 1. The van der Waals surface area contributed by atoms with E-state index in [-0.39, 0.29) is 11.9 Å². The topological polar surface area (TPSA) is 76.4 Å². The Morgan fingerprint density at radius 2 is 2.00 bits per heavy atom. The molecule has 5 heteroatoms. The highest BCUT2D eigenvalue weighted by atomic mass is 16.5. The standard InChI is InChI=1S/C15H21N3O2/c16-10-5-7-11(8-6-10)18-15(19)14-9-17-12-3-1-2-4-13(12)20-14/h1-4,10-11,14,17H,5-9,16H2,(H,18,19). The van der Waals surface area contributed by atoms with E-state index in [2.05, 4.69) is 10.6 Å². The van der Waals surface area contributed by atoms with Crippen LogP contribution in [0.5, 0.6) is 5.75 Å². The second kappa shape index (κ2) is 5.71. The van der Waals surface area contributed by atoms with E-state index in [1.54, 1.807) is 0 Å². The molecule has 5 nitrogen and oxygen atoms in total. The SMILES string of the molecule is NC1CCC(NC(=O)C2CNc3ccccc3O2)CC1. The van der Waals surface area contributed by atoms with Crippen LogP contribution in [0.1, 0.15) is 25.7 Å². The first-order valence-corrected chi connectivity index (χ1v) is 7.28. The van der Waals surface area contributed by atoms with E-state index in [4.69, 9.17) is 10.5 Å². The fourth-order valence-electron chi connectivity index (χ4n) is 2.82. The largest absolute Gasteiger partial charge is 0.477 e. The molecule has 0 saturated heterocycles. The zero-order valence-corrected chi connectivity index (χ0v) is 11.5. The molecule has 0 radical (unpaired) electrons. The molecule has 0 spiro atoms. The number of hydrogen-bond donors (Lipinski definition) is 3. The third-order valence-electron chi connectivity index (χ3n) is 4.04. The third kappa shape index (κ3) is 2.88. The second-order valence-corrected chi connectivity index (χ2v) is 5.60. The molecule has 0 aromatic heterocycles. The molecule has 1 aliphatic carbocycles. The summed E-state index contributed by atoms with van der Waals surface area (Å²) in [5.74, 6) is 0.706. The fourth-order valence-corrected chi connectivity index (χ4v) is 2.82. The van der Waals surface area contributed by atoms with E-state index in [1.165, 1.54) is 0 Å². The highest BCUT2D eigenvalue weighted by Gasteiger charge is 2.28. The Labute approximate surface area is 118 Å². The summed E-state index contributed by atoms with van der Waals surface area (Å²) in [6.45, 7) is 0.509. The number of carbonyl (C=O) groups excluding carboxylic acids is 1. The van der Waals surface area contributed by atoms with Crippen molar-refractivity contribution < 1.29 is 9.53 Å². The van der Waals surface area contributed by atoms with Gasteiger partial charge in [-0.05, 0) is 37.8 Å². The van der Waals surface area contributed by atoms with E-state index in [0.717, 1.165) is 37.1 Å². The summed E-state index contributed by atoms with van der Waals surface area (Å²) in [5.41, 5.74) is 6.82. The molecule has 4 N–H and O–H groups in total. The van der Waals surface area contributed by atoms with Crippen molar-refractivity contribution in [2.75, 3.05) is 11.9 Å². The maximum atomic E-state index is 12.3. The predicted molar refractivity (Wildman–Crippen MR) is 77.7 cm³/mol. The van der Waals surface area contributed by atoms with Gasteiger partial charge in [0, 0.05) is 12.1 Å². The van der Waals surface area contributed by atoms with Gasteiger partial charge in [-0.1, -0.05) is 12.1 Å². The highest BCUT2D eigenvalue weighted by Crippen LogP contribution is 2.28. The van der Waals surface area contributed by atoms with Crippen LogP contribution < -0.4 is 21.1 Å². The van der Waals surface area contributed by atoms with Gasteiger partial charge in [0.05, 0.1) is 12.2 Å². The molecule has 108 valence electrons. The summed E-state index contributed by atoms with van der Waals surface area (Å²) in [5, 5.41) is 6.31. The highest BCUT2D eigenvalue weighted by molar-refractivity contribution is 5.83. The fraction of sp³-hybridized carbons (Fsp3) is 0.533. The van der Waals surface area contributed by atoms with E-state index in [1.807, 2.05) is 24.3 Å². The van der Waals surface area contributed by atoms with Crippen molar-refractivity contribution in [3.63, 3.8) is 0 Å². The number of ether oxygens (including phenoxy) is 1. The van der Waals surface area contributed by atoms with Crippen molar-refractivity contribution in [1.29, 1.82) is 0 Å². The van der Waals surface area contributed by atoms with Crippen LogP contribution in [-0.4, -0.2) is 30.6 Å². The molecule has 1 saturated carbocycles. The van der Waals surface area contributed by atoms with Gasteiger partial charge in [0.15, 0.2) is 6.10 Å². The van der Waals surface area contributed by atoms with Gasteiger partial charge in [0.1, 0.15) is 5.75 Å². The first kappa shape index (κ1) is 13.2. The van der Waals surface area contributed by atoms with Crippen LogP contribution in [0.2, 0.25) is 0 Å². The minimum absolute atomic E-state index is 0.0347. The number of hydrogen-bond acceptors (Lipinski definition) is 4. The van der Waals surface area contributed by atoms with Crippen molar-refractivity contribution >= 4 is 11.6 Å². The molecule has 2 aliphatic rings. The summed E-state index contributed by atoms with van der Waals surface area (Å²) in [7, 11) is 0. The Morgan fingerprint density at radius 3 is 2.80 bits per heavy atom. The Hall–Kier alpha value is -1.75. The molecule has 1 aromatic carbocycles. The number of nitrogens with one attached hydrogen (secondary N) is 2. The van der Waals surface area contributed by atoms with E-state index in [9.17, 15) is 4.79 Å². The number of anilines is 1. The molecule has 1 heterocycles. The molecule has 1 atom stereocenters. The number of nitrogens with two attached hydrogens (primary N) is 1. The maximum Gasteiger partial charge on any atom is 0.263 e. The lowest BCUT2D eigenvalue weighted by Gasteiger charge is -2.30. The normalized spacial score (nSPS) is 28.8. The minimum Gasteiger partial charge on any atom is -0.477 e. The molecule has 1 unspecified atom stereocenters. The van der Waals surface area contributed by atoms with Gasteiger partial charge in [0.2, 0.25) is 0 Å². The van der Waals surface area contributed by atoms with Crippen molar-refractivity contribution in [2.24, 2.45) is 5.73 Å². The Balaban J connectivity index is 1.56. The van der Waals surface area contributed by atoms with Crippen molar-refractivity contribution in [2.45, 2.75) is 43.9 Å². The van der Waals surface area contributed by atoms with Gasteiger partial charge in [-0.15, -0.1) is 0 Å². The third-order valence-corrected chi connectivity index (χ3v) is 4.04. The summed E-state index contributed by atoms with van der Waals surface area (Å²) in [6.07, 6.45) is 3.43. The van der Waals surface area contributed by atoms with E-state index in [0.29, 0.717) is 12.6 Å². The maximum absolute atomic E-state index is 12.3. The lowest BCUT2D eigenvalue weighted by Crippen LogP contribution is -2.49. The average molecular weight is 275 g/mol. The zero-order valence-electron chi connectivity index (χ0n) is 11.5. The first-order valence-electron chi connectivity index (χ1n) is 7.28. The van der Waals surface area contributed by atoms with Crippen LogP contribution in [0.15, 0.2) is 24.3 Å². The summed E-state index contributed by atoms with van der Waals surface area (Å²) in [4.78, 5) is 12.3. The van der Waals surface area contributed by atoms with Gasteiger partial charge in [0.25, 0.3) is 5.91 Å². The lowest BCUT2D eigenvalue weighted by molar-refractivity contribution is -0.128. The average Bonchev–Trinajstić information content (AvgIpc) is 2.49. The van der Waals surface area contributed by atoms with E-state index >= 15 is 0 Å². The van der Waals surface area contributed by atoms with Crippen LogP contribution in [0.4, 0.5) is 5.69 Å². The van der Waals surface area contributed by atoms with Gasteiger partial charge in [-0.25, -0.2) is 0 Å². The number of rotatable bonds is 2. The molecule has 20 heavy (non-hydrogen) atoms. The Bertz CT molecular complexity index is 484. The quantitative estimate of drug-likeness (QED) is 0.759. The Kier molecular flexibility index (Phi) is 3.78. The predicted octanol–water partition coefficient (Wildman–Crippen LogP) is 1.25. The van der Waals surface area contributed by atoms with Gasteiger partial charge in [-0.2, -0.15) is 0 Å². The van der Waals surface area contributed by atoms with Crippen molar-refractivity contribution in [1.82, 2.24) is 5.32 Å². The van der Waals surface area contributed by atoms with Crippen LogP contribution >= 0.6 is 0 Å². The summed E-state index contributed by atoms with van der Waals surface area (Å²) >= 11 is 0. The molecular formula is C15H21N3O2.